The molecule has 0 saturated carbocycles. The van der Waals surface area contributed by atoms with Crippen molar-refractivity contribution < 1.29 is 13.5 Å². The van der Waals surface area contributed by atoms with Crippen molar-refractivity contribution in [2.75, 3.05) is 0 Å². The molecule has 0 aliphatic rings. The first-order chi connectivity index (χ1) is 13.3. The maximum atomic E-state index is 13.6. The lowest BCUT2D eigenvalue weighted by Crippen LogP contribution is -2.29. The Morgan fingerprint density at radius 1 is 0.857 bits per heavy atom. The Kier molecular flexibility index (Phi) is 4.37. The zero-order valence-corrected chi connectivity index (χ0v) is 16.5. The summed E-state index contributed by atoms with van der Waals surface area (Å²) in [4.78, 5) is 0.185. The molecule has 1 aromatic heterocycles. The molecule has 1 N–H and O–H groups in total. The van der Waals surface area contributed by atoms with E-state index in [1.807, 2.05) is 37.3 Å². The second-order valence-electron chi connectivity index (χ2n) is 7.11. The van der Waals surface area contributed by atoms with Gasteiger partial charge in [0, 0.05) is 5.39 Å². The number of aromatic nitrogens is 1. The Bertz CT molecular complexity index is 1240. The smallest absolute Gasteiger partial charge is 0.268 e. The van der Waals surface area contributed by atoms with Crippen LogP contribution in [0.4, 0.5) is 0 Å². The summed E-state index contributed by atoms with van der Waals surface area (Å²) in [5, 5.41) is 12.2. The molecule has 5 heteroatoms. The molecule has 0 radical (unpaired) electrons. The molecular formula is C23H21NO3S. The van der Waals surface area contributed by atoms with Crippen LogP contribution >= 0.6 is 0 Å². The number of aryl methyl sites for hydroxylation is 1. The van der Waals surface area contributed by atoms with E-state index < -0.39 is 15.6 Å². The molecule has 0 amide bonds. The monoisotopic (exact) mass is 391 g/mol. The lowest BCUT2D eigenvalue weighted by molar-refractivity contribution is 0.0969. The number of benzene rings is 3. The molecule has 0 saturated heterocycles. The number of fused-ring (bicyclic) bond motifs is 1. The summed E-state index contributed by atoms with van der Waals surface area (Å²) in [5.74, 6) is 0. The van der Waals surface area contributed by atoms with E-state index in [9.17, 15) is 13.5 Å². The van der Waals surface area contributed by atoms with Gasteiger partial charge in [0.2, 0.25) is 0 Å². The van der Waals surface area contributed by atoms with Gasteiger partial charge in [-0.3, -0.25) is 0 Å². The van der Waals surface area contributed by atoms with E-state index in [0.29, 0.717) is 16.8 Å². The van der Waals surface area contributed by atoms with Crippen LogP contribution in [0.15, 0.2) is 89.8 Å². The minimum Gasteiger partial charge on any atom is -0.379 e. The van der Waals surface area contributed by atoms with Gasteiger partial charge in [0.1, 0.15) is 5.60 Å². The molecule has 0 fully saturated rings. The van der Waals surface area contributed by atoms with Gasteiger partial charge in [-0.05, 0) is 43.7 Å². The first-order valence-electron chi connectivity index (χ1n) is 9.03. The summed E-state index contributed by atoms with van der Waals surface area (Å²) in [6.07, 6.45) is 0. The average Bonchev–Trinajstić information content (AvgIpc) is 3.10. The topological polar surface area (TPSA) is 59.3 Å². The summed E-state index contributed by atoms with van der Waals surface area (Å²) in [7, 11) is -3.90. The van der Waals surface area contributed by atoms with Crippen LogP contribution in [0.5, 0.6) is 0 Å². The molecule has 1 unspecified atom stereocenters. The molecule has 4 nitrogen and oxygen atoms in total. The first kappa shape index (κ1) is 18.5. The molecule has 142 valence electrons. The van der Waals surface area contributed by atoms with Crippen LogP contribution < -0.4 is 0 Å². The zero-order valence-electron chi connectivity index (χ0n) is 15.7. The Morgan fingerprint density at radius 2 is 1.46 bits per heavy atom. The zero-order chi connectivity index (χ0) is 19.9. The molecule has 0 aliphatic heterocycles. The van der Waals surface area contributed by atoms with Crippen molar-refractivity contribution in [2.24, 2.45) is 0 Å². The lowest BCUT2D eigenvalue weighted by atomic mass is 9.93. The molecular weight excluding hydrogens is 370 g/mol. The van der Waals surface area contributed by atoms with Crippen molar-refractivity contribution in [2.45, 2.75) is 24.3 Å². The normalized spacial score (nSPS) is 14.1. The summed E-state index contributed by atoms with van der Waals surface area (Å²) >= 11 is 0. The van der Waals surface area contributed by atoms with Gasteiger partial charge in [-0.25, -0.2) is 12.4 Å². The van der Waals surface area contributed by atoms with E-state index in [1.54, 1.807) is 61.5 Å². The highest BCUT2D eigenvalue weighted by Crippen LogP contribution is 2.36. The Labute approximate surface area is 164 Å². The van der Waals surface area contributed by atoms with Crippen LogP contribution in [0.25, 0.3) is 10.9 Å². The largest absolute Gasteiger partial charge is 0.379 e. The molecule has 0 bridgehead atoms. The molecule has 0 spiro atoms. The van der Waals surface area contributed by atoms with E-state index in [2.05, 4.69) is 0 Å². The van der Waals surface area contributed by atoms with Crippen molar-refractivity contribution in [1.29, 1.82) is 0 Å². The van der Waals surface area contributed by atoms with E-state index in [1.165, 1.54) is 3.97 Å². The van der Waals surface area contributed by atoms with Crippen molar-refractivity contribution in [3.63, 3.8) is 0 Å². The van der Waals surface area contributed by atoms with Crippen LogP contribution in [-0.2, 0) is 15.6 Å². The van der Waals surface area contributed by atoms with E-state index in [4.69, 9.17) is 0 Å². The van der Waals surface area contributed by atoms with Gasteiger partial charge in [-0.1, -0.05) is 66.2 Å². The molecule has 1 atom stereocenters. The van der Waals surface area contributed by atoms with Gasteiger partial charge >= 0.3 is 0 Å². The molecule has 4 rings (SSSR count). The van der Waals surface area contributed by atoms with Gasteiger partial charge in [0.05, 0.1) is 16.1 Å². The third-order valence-electron chi connectivity index (χ3n) is 5.06. The number of nitrogens with zero attached hydrogens (tertiary/aromatic N) is 1. The van der Waals surface area contributed by atoms with Gasteiger partial charge < -0.3 is 5.11 Å². The molecule has 4 aromatic rings. The van der Waals surface area contributed by atoms with Crippen LogP contribution in [0, 0.1) is 6.92 Å². The summed E-state index contributed by atoms with van der Waals surface area (Å²) in [6.45, 7) is 3.53. The predicted octanol–water partition coefficient (Wildman–Crippen LogP) is 4.44. The average molecular weight is 391 g/mol. The van der Waals surface area contributed by atoms with E-state index in [0.717, 1.165) is 10.9 Å². The summed E-state index contributed by atoms with van der Waals surface area (Å²) in [5.41, 5.74) is 0.957. The number of hydrogen-bond acceptors (Lipinski definition) is 3. The van der Waals surface area contributed by atoms with Crippen molar-refractivity contribution in [3.8, 4) is 0 Å². The minimum absolute atomic E-state index is 0.185. The van der Waals surface area contributed by atoms with Crippen LogP contribution in [0.1, 0.15) is 23.7 Å². The van der Waals surface area contributed by atoms with Crippen molar-refractivity contribution >= 4 is 20.9 Å². The van der Waals surface area contributed by atoms with Gasteiger partial charge in [-0.15, -0.1) is 0 Å². The van der Waals surface area contributed by atoms with Gasteiger partial charge in [0.25, 0.3) is 10.0 Å². The molecule has 1 heterocycles. The number of rotatable bonds is 4. The van der Waals surface area contributed by atoms with Crippen LogP contribution in [0.3, 0.4) is 0 Å². The van der Waals surface area contributed by atoms with E-state index >= 15 is 0 Å². The first-order valence-corrected chi connectivity index (χ1v) is 10.5. The second kappa shape index (κ2) is 6.62. The Morgan fingerprint density at radius 3 is 2.14 bits per heavy atom. The third-order valence-corrected chi connectivity index (χ3v) is 6.80. The van der Waals surface area contributed by atoms with Gasteiger partial charge in [0.15, 0.2) is 0 Å². The fraction of sp³-hybridized carbons (Fsp3) is 0.130. The maximum Gasteiger partial charge on any atom is 0.268 e. The van der Waals surface area contributed by atoms with Crippen molar-refractivity contribution in [3.05, 3.63) is 102 Å². The highest BCUT2D eigenvalue weighted by Gasteiger charge is 2.34. The number of hydrogen-bond donors (Lipinski definition) is 1. The number of aliphatic hydroxyl groups is 1. The van der Waals surface area contributed by atoms with Crippen molar-refractivity contribution in [1.82, 2.24) is 3.97 Å². The molecule has 3 aromatic carbocycles. The lowest BCUT2D eigenvalue weighted by Gasteiger charge is -2.26. The minimum atomic E-state index is -3.90. The fourth-order valence-corrected chi connectivity index (χ4v) is 5.06. The Balaban J connectivity index is 2.03. The van der Waals surface area contributed by atoms with Crippen LogP contribution in [-0.4, -0.2) is 17.5 Å². The molecule has 28 heavy (non-hydrogen) atoms. The maximum absolute atomic E-state index is 13.6. The fourth-order valence-electron chi connectivity index (χ4n) is 3.45. The molecule has 0 aliphatic carbocycles. The Hall–Kier alpha value is -2.89. The quantitative estimate of drug-likeness (QED) is 0.559. The highest BCUT2D eigenvalue weighted by atomic mass is 32.2. The highest BCUT2D eigenvalue weighted by molar-refractivity contribution is 7.90. The number of para-hydroxylation sites is 1. The summed E-state index contributed by atoms with van der Waals surface area (Å²) in [6, 6.07) is 24.8. The van der Waals surface area contributed by atoms with Gasteiger partial charge in [-0.2, -0.15) is 0 Å². The van der Waals surface area contributed by atoms with E-state index in [-0.39, 0.29) is 4.90 Å². The predicted molar refractivity (Wildman–Crippen MR) is 111 cm³/mol. The SMILES string of the molecule is Cc1ccc(S(=O)(=O)n2c(C(C)(O)c3ccccc3)cc3ccccc32)cc1. The third kappa shape index (κ3) is 2.93. The second-order valence-corrected chi connectivity index (χ2v) is 8.90. The summed E-state index contributed by atoms with van der Waals surface area (Å²) < 4.78 is 28.4. The van der Waals surface area contributed by atoms with Crippen LogP contribution in [0.2, 0.25) is 0 Å². The standard InChI is InChI=1S/C23H21NO3S/c1-17-12-14-20(15-13-17)28(26,27)24-21-11-7-6-8-18(21)16-22(24)23(2,25)19-9-4-3-5-10-19/h3-16,25H,1-2H3.